The molecule has 0 amide bonds. The predicted molar refractivity (Wildman–Crippen MR) is 127 cm³/mol. The van der Waals surface area contributed by atoms with Gasteiger partial charge in [-0.25, -0.2) is 4.98 Å². The summed E-state index contributed by atoms with van der Waals surface area (Å²) in [4.78, 5) is 41.0. The molecule has 9 heteroatoms. The third kappa shape index (κ3) is 8.59. The van der Waals surface area contributed by atoms with Crippen molar-refractivity contribution in [3.05, 3.63) is 48.3 Å². The smallest absolute Gasteiger partial charge is 0.309 e. The number of pyridine rings is 1. The van der Waals surface area contributed by atoms with Crippen molar-refractivity contribution in [2.75, 3.05) is 13.9 Å². The Morgan fingerprint density at radius 2 is 1.77 bits per heavy atom. The molecule has 0 unspecified atom stereocenters. The number of esters is 2. The van der Waals surface area contributed by atoms with E-state index in [9.17, 15) is 14.4 Å². The Morgan fingerprint density at radius 3 is 2.40 bits per heavy atom. The van der Waals surface area contributed by atoms with Crippen LogP contribution < -0.4 is 14.2 Å². The zero-order chi connectivity index (χ0) is 25.8. The van der Waals surface area contributed by atoms with Crippen LogP contribution in [0.3, 0.4) is 0 Å². The van der Waals surface area contributed by atoms with Gasteiger partial charge in [-0.2, -0.15) is 0 Å². The number of methoxy groups -OCH3 is 1. The lowest BCUT2D eigenvalue weighted by molar-refractivity contribution is -0.158. The molecule has 0 spiro atoms. The minimum absolute atomic E-state index is 0.0259. The Morgan fingerprint density at radius 1 is 1.06 bits per heavy atom. The molecule has 190 valence electrons. The van der Waals surface area contributed by atoms with E-state index in [1.54, 1.807) is 6.92 Å². The van der Waals surface area contributed by atoms with Gasteiger partial charge in [-0.3, -0.25) is 14.4 Å². The third-order valence-electron chi connectivity index (χ3n) is 5.14. The van der Waals surface area contributed by atoms with Crippen molar-refractivity contribution in [1.29, 1.82) is 0 Å². The van der Waals surface area contributed by atoms with E-state index in [1.807, 2.05) is 44.2 Å². The van der Waals surface area contributed by atoms with E-state index in [0.29, 0.717) is 12.2 Å². The molecule has 2 aromatic rings. The number of carbonyl (C=O) groups excluding carboxylic acids is 3. The molecule has 3 atom stereocenters. The number of Topliss-reactive ketones (excluding diaryl/α,β-unsaturated/α-hetero) is 1. The largest absolute Gasteiger partial charge is 0.493 e. The first-order valence-electron chi connectivity index (χ1n) is 11.5. The molecule has 0 radical (unpaired) electrons. The minimum atomic E-state index is -0.736. The van der Waals surface area contributed by atoms with Crippen LogP contribution in [0.15, 0.2) is 42.6 Å². The SMILES string of the molecule is CCC[C@H](OC(=O)[C@H](C)CC(=O)c1nccc(OC)c1OCOC(C)=O)[C@@H](C)Oc1ccccc1. The van der Waals surface area contributed by atoms with Crippen molar-refractivity contribution >= 4 is 17.7 Å². The van der Waals surface area contributed by atoms with Crippen LogP contribution in [0.1, 0.15) is 57.4 Å². The number of aromatic nitrogens is 1. The molecule has 1 heterocycles. The number of carbonyl (C=O) groups is 3. The minimum Gasteiger partial charge on any atom is -0.493 e. The van der Waals surface area contributed by atoms with Crippen LogP contribution in [-0.4, -0.2) is 48.8 Å². The third-order valence-corrected chi connectivity index (χ3v) is 5.14. The summed E-state index contributed by atoms with van der Waals surface area (Å²) in [6, 6.07) is 10.8. The highest BCUT2D eigenvalue weighted by Crippen LogP contribution is 2.31. The lowest BCUT2D eigenvalue weighted by Crippen LogP contribution is -2.35. The second-order valence-electron chi connectivity index (χ2n) is 8.02. The predicted octanol–water partition coefficient (Wildman–Crippen LogP) is 4.38. The van der Waals surface area contributed by atoms with Crippen molar-refractivity contribution < 1.29 is 38.1 Å². The van der Waals surface area contributed by atoms with Gasteiger partial charge in [0.05, 0.1) is 13.0 Å². The number of hydrogen-bond donors (Lipinski definition) is 0. The van der Waals surface area contributed by atoms with Gasteiger partial charge in [-0.15, -0.1) is 0 Å². The molecule has 35 heavy (non-hydrogen) atoms. The Bertz CT molecular complexity index is 979. The zero-order valence-electron chi connectivity index (χ0n) is 20.8. The average Bonchev–Trinajstić information content (AvgIpc) is 2.83. The Balaban J connectivity index is 2.06. The van der Waals surface area contributed by atoms with E-state index in [0.717, 1.165) is 6.42 Å². The monoisotopic (exact) mass is 487 g/mol. The van der Waals surface area contributed by atoms with E-state index in [2.05, 4.69) is 4.98 Å². The van der Waals surface area contributed by atoms with Crippen LogP contribution in [0.5, 0.6) is 17.2 Å². The second-order valence-corrected chi connectivity index (χ2v) is 8.02. The molecule has 0 aliphatic rings. The maximum absolute atomic E-state index is 13.0. The number of hydrogen-bond acceptors (Lipinski definition) is 9. The number of ether oxygens (including phenoxy) is 5. The fourth-order valence-corrected chi connectivity index (χ4v) is 3.29. The molecule has 9 nitrogen and oxygen atoms in total. The van der Waals surface area contributed by atoms with Gasteiger partial charge in [0.1, 0.15) is 18.0 Å². The molecule has 1 aromatic carbocycles. The molecule has 0 aliphatic heterocycles. The molecule has 0 bridgehead atoms. The molecule has 0 fully saturated rings. The van der Waals surface area contributed by atoms with Gasteiger partial charge in [-0.05, 0) is 25.5 Å². The highest BCUT2D eigenvalue weighted by atomic mass is 16.7. The van der Waals surface area contributed by atoms with Crippen LogP contribution in [0, 0.1) is 5.92 Å². The molecule has 0 N–H and O–H groups in total. The quantitative estimate of drug-likeness (QED) is 0.218. The molecular weight excluding hydrogens is 454 g/mol. The van der Waals surface area contributed by atoms with E-state index < -0.39 is 36.5 Å². The number of benzene rings is 1. The van der Waals surface area contributed by atoms with Crippen LogP contribution in [0.25, 0.3) is 0 Å². The van der Waals surface area contributed by atoms with Gasteiger partial charge in [0.2, 0.25) is 6.79 Å². The average molecular weight is 488 g/mol. The number of rotatable bonds is 14. The van der Waals surface area contributed by atoms with Crippen molar-refractivity contribution in [1.82, 2.24) is 4.98 Å². The van der Waals surface area contributed by atoms with Crippen molar-refractivity contribution in [2.45, 2.75) is 59.2 Å². The van der Waals surface area contributed by atoms with Crippen molar-refractivity contribution in [3.63, 3.8) is 0 Å². The first-order chi connectivity index (χ1) is 16.8. The summed E-state index contributed by atoms with van der Waals surface area (Å²) in [6.45, 7) is 6.29. The van der Waals surface area contributed by atoms with Crippen LogP contribution in [0.2, 0.25) is 0 Å². The van der Waals surface area contributed by atoms with E-state index in [1.165, 1.54) is 26.3 Å². The lowest BCUT2D eigenvalue weighted by atomic mass is 10.0. The highest BCUT2D eigenvalue weighted by Gasteiger charge is 2.28. The molecule has 1 aromatic heterocycles. The van der Waals surface area contributed by atoms with Crippen molar-refractivity contribution in [2.24, 2.45) is 5.92 Å². The topological polar surface area (TPSA) is 110 Å². The highest BCUT2D eigenvalue weighted by molar-refractivity contribution is 5.99. The van der Waals surface area contributed by atoms with Gasteiger partial charge >= 0.3 is 11.9 Å². The second kappa shape index (κ2) is 13.9. The standard InChI is InChI=1S/C26H33NO8/c1-6-10-22(18(3)34-20-11-8-7-9-12-20)35-26(30)17(2)15-21(29)24-25(33-16-32-19(4)28)23(31-5)13-14-27-24/h7-9,11-14,17-18,22H,6,10,15-16H2,1-5H3/t17-,18-,22+/m1/s1. The summed E-state index contributed by atoms with van der Waals surface area (Å²) in [7, 11) is 1.41. The summed E-state index contributed by atoms with van der Waals surface area (Å²) in [5.74, 6) is -1.25. The lowest BCUT2D eigenvalue weighted by Gasteiger charge is -2.26. The number of ketones is 1. The normalized spacial score (nSPS) is 13.2. The fraction of sp³-hybridized carbons (Fsp3) is 0.462. The summed E-state index contributed by atoms with van der Waals surface area (Å²) in [5.41, 5.74) is -0.0259. The van der Waals surface area contributed by atoms with Gasteiger partial charge in [-0.1, -0.05) is 38.5 Å². The Labute approximate surface area is 205 Å². The first-order valence-corrected chi connectivity index (χ1v) is 11.5. The zero-order valence-corrected chi connectivity index (χ0v) is 20.8. The fourth-order valence-electron chi connectivity index (χ4n) is 3.29. The van der Waals surface area contributed by atoms with Gasteiger partial charge < -0.3 is 23.7 Å². The summed E-state index contributed by atoms with van der Waals surface area (Å²) in [6.07, 6.45) is 1.81. The van der Waals surface area contributed by atoms with Crippen LogP contribution >= 0.6 is 0 Å². The number of nitrogens with zero attached hydrogens (tertiary/aromatic N) is 1. The summed E-state index contributed by atoms with van der Waals surface area (Å²) >= 11 is 0. The maximum Gasteiger partial charge on any atom is 0.309 e. The molecule has 0 aliphatic carbocycles. The molecule has 0 saturated carbocycles. The van der Waals surface area contributed by atoms with E-state index in [4.69, 9.17) is 23.7 Å². The van der Waals surface area contributed by atoms with Gasteiger partial charge in [0, 0.05) is 25.6 Å². The van der Waals surface area contributed by atoms with E-state index >= 15 is 0 Å². The Kier molecular flexibility index (Phi) is 11.0. The van der Waals surface area contributed by atoms with Gasteiger partial charge in [0.25, 0.3) is 0 Å². The maximum atomic E-state index is 13.0. The molecular formula is C26H33NO8. The Hall–Kier alpha value is -3.62. The summed E-state index contributed by atoms with van der Waals surface area (Å²) < 4.78 is 27.1. The number of para-hydroxylation sites is 1. The van der Waals surface area contributed by atoms with Gasteiger partial charge in [0.15, 0.2) is 23.0 Å². The molecule has 2 rings (SSSR count). The molecule has 0 saturated heterocycles. The van der Waals surface area contributed by atoms with E-state index in [-0.39, 0.29) is 29.7 Å². The summed E-state index contributed by atoms with van der Waals surface area (Å²) in [5, 5.41) is 0. The first kappa shape index (κ1) is 27.6. The van der Waals surface area contributed by atoms with Crippen LogP contribution in [-0.2, 0) is 19.1 Å². The van der Waals surface area contributed by atoms with Crippen LogP contribution in [0.4, 0.5) is 0 Å². The van der Waals surface area contributed by atoms with Crippen molar-refractivity contribution in [3.8, 4) is 17.2 Å².